The third-order valence-corrected chi connectivity index (χ3v) is 8.69. The lowest BCUT2D eigenvalue weighted by atomic mass is 10.1. The molecule has 0 radical (unpaired) electrons. The Kier molecular flexibility index (Phi) is 38.6. The number of rotatable bonds is 37. The molecule has 0 rings (SSSR count). The molecule has 0 fully saturated rings. The van der Waals surface area contributed by atoms with Gasteiger partial charge >= 0.3 is 5.97 Å². The number of aliphatic hydroxyl groups excluding tert-OH is 1. The number of aliphatic hydroxyl groups is 1. The van der Waals surface area contributed by atoms with Gasteiger partial charge in [-0.25, -0.2) is 0 Å². The van der Waals surface area contributed by atoms with Gasteiger partial charge in [-0.15, -0.1) is 0 Å². The highest BCUT2D eigenvalue weighted by Gasteiger charge is 2.13. The van der Waals surface area contributed by atoms with Crippen molar-refractivity contribution in [3.05, 3.63) is 36.5 Å². The molecule has 0 amide bonds. The first-order valence-electron chi connectivity index (χ1n) is 20.1. The maximum atomic E-state index is 12.2. The van der Waals surface area contributed by atoms with Gasteiger partial charge in [-0.05, 0) is 70.6 Å². The fourth-order valence-electron chi connectivity index (χ4n) is 5.65. The summed E-state index contributed by atoms with van der Waals surface area (Å²) < 4.78 is 11.1. The number of allylic oxidation sites excluding steroid dienone is 6. The number of esters is 1. The molecule has 0 saturated carbocycles. The smallest absolute Gasteiger partial charge is 0.306 e. The van der Waals surface area contributed by atoms with Crippen molar-refractivity contribution in [2.75, 3.05) is 19.8 Å². The third-order valence-electron chi connectivity index (χ3n) is 8.69. The number of hydrogen-bond donors (Lipinski definition) is 1. The average Bonchev–Trinajstić information content (AvgIpc) is 3.06. The Hall–Kier alpha value is -1.39. The summed E-state index contributed by atoms with van der Waals surface area (Å²) in [6, 6.07) is 0. The zero-order valence-corrected chi connectivity index (χ0v) is 30.8. The Morgan fingerprint density at radius 3 is 1.41 bits per heavy atom. The van der Waals surface area contributed by atoms with Gasteiger partial charge in [0.2, 0.25) is 0 Å². The molecule has 0 aliphatic heterocycles. The van der Waals surface area contributed by atoms with E-state index in [1.165, 1.54) is 154 Å². The van der Waals surface area contributed by atoms with Gasteiger partial charge in [-0.2, -0.15) is 0 Å². The van der Waals surface area contributed by atoms with E-state index in [9.17, 15) is 9.90 Å². The fourth-order valence-corrected chi connectivity index (χ4v) is 5.65. The maximum absolute atomic E-state index is 12.2. The minimum Gasteiger partial charge on any atom is -0.457 e. The van der Waals surface area contributed by atoms with Crippen LogP contribution in [0, 0.1) is 0 Å². The second-order valence-corrected chi connectivity index (χ2v) is 13.3. The molecule has 270 valence electrons. The Balaban J connectivity index is 3.44. The molecule has 0 spiro atoms. The minimum atomic E-state index is -0.537. The highest BCUT2D eigenvalue weighted by Crippen LogP contribution is 2.13. The second-order valence-electron chi connectivity index (χ2n) is 13.3. The van der Waals surface area contributed by atoms with Crippen LogP contribution in [-0.4, -0.2) is 37.0 Å². The van der Waals surface area contributed by atoms with Crippen LogP contribution in [0.4, 0.5) is 0 Å². The van der Waals surface area contributed by atoms with E-state index in [-0.39, 0.29) is 12.6 Å². The molecule has 1 unspecified atom stereocenters. The predicted molar refractivity (Wildman–Crippen MR) is 200 cm³/mol. The quantitative estimate of drug-likeness (QED) is 0.0414. The molecule has 1 atom stereocenters. The van der Waals surface area contributed by atoms with Gasteiger partial charge in [0, 0.05) is 13.0 Å². The summed E-state index contributed by atoms with van der Waals surface area (Å²) in [5.74, 6) is -0.207. The van der Waals surface area contributed by atoms with Crippen molar-refractivity contribution >= 4 is 5.97 Å². The summed E-state index contributed by atoms with van der Waals surface area (Å²) in [7, 11) is 0. The molecule has 0 aromatic rings. The van der Waals surface area contributed by atoms with Crippen LogP contribution in [0.25, 0.3) is 0 Å². The Morgan fingerprint density at radius 2 is 0.913 bits per heavy atom. The van der Waals surface area contributed by atoms with Gasteiger partial charge < -0.3 is 14.6 Å². The summed E-state index contributed by atoms with van der Waals surface area (Å²) in [6.07, 6.45) is 49.0. The van der Waals surface area contributed by atoms with E-state index in [2.05, 4.69) is 50.3 Å². The second kappa shape index (κ2) is 39.8. The van der Waals surface area contributed by atoms with Crippen LogP contribution >= 0.6 is 0 Å². The molecule has 0 aromatic carbocycles. The number of carbonyl (C=O) groups is 1. The molecular formula is C42H78O4. The summed E-state index contributed by atoms with van der Waals surface area (Å²) in [5, 5.41) is 9.58. The number of ether oxygens (including phenoxy) is 2. The van der Waals surface area contributed by atoms with Crippen molar-refractivity contribution in [1.29, 1.82) is 0 Å². The topological polar surface area (TPSA) is 55.8 Å². The van der Waals surface area contributed by atoms with Crippen LogP contribution in [0.15, 0.2) is 36.5 Å². The lowest BCUT2D eigenvalue weighted by Gasteiger charge is -2.15. The molecule has 0 aliphatic carbocycles. The fraction of sp³-hybridized carbons (Fsp3) is 0.833. The highest BCUT2D eigenvalue weighted by atomic mass is 16.6. The average molecular weight is 647 g/mol. The van der Waals surface area contributed by atoms with Crippen LogP contribution in [0.1, 0.15) is 200 Å². The molecule has 0 bridgehead atoms. The number of unbranched alkanes of at least 4 members (excludes halogenated alkanes) is 23. The number of carbonyl (C=O) groups excluding carboxylic acids is 1. The van der Waals surface area contributed by atoms with Gasteiger partial charge in [0.25, 0.3) is 0 Å². The van der Waals surface area contributed by atoms with Crippen LogP contribution < -0.4 is 0 Å². The van der Waals surface area contributed by atoms with Gasteiger partial charge in [0.15, 0.2) is 0 Å². The first kappa shape index (κ1) is 44.6. The van der Waals surface area contributed by atoms with E-state index < -0.39 is 6.10 Å². The minimum absolute atomic E-state index is 0.175. The lowest BCUT2D eigenvalue weighted by molar-refractivity contribution is -0.154. The standard InChI is InChI=1S/C42H78O4/c1-3-5-7-9-11-13-15-17-19-20-21-22-23-25-27-29-31-33-35-37-42(44)46-41(39-43)40-45-38-36-34-32-30-28-26-24-18-16-14-12-10-8-6-4-2/h11,13,16-19,41,43H,3-10,12,14-15,20-40H2,1-2H3/b13-11-,18-16-,19-17-. The summed E-state index contributed by atoms with van der Waals surface area (Å²) >= 11 is 0. The van der Waals surface area contributed by atoms with Crippen molar-refractivity contribution in [2.45, 2.75) is 206 Å². The SMILES string of the molecule is CCCCC/C=C\C/C=C\CCCCCCCCCCCC(=O)OC(CO)COCCCCCCCC/C=C\CCCCCCC. The zero-order chi connectivity index (χ0) is 33.4. The molecule has 4 heteroatoms. The first-order chi connectivity index (χ1) is 22.7. The Morgan fingerprint density at radius 1 is 0.522 bits per heavy atom. The highest BCUT2D eigenvalue weighted by molar-refractivity contribution is 5.69. The molecular weight excluding hydrogens is 568 g/mol. The molecule has 0 aromatic heterocycles. The van der Waals surface area contributed by atoms with Gasteiger partial charge in [-0.3, -0.25) is 4.79 Å². The first-order valence-corrected chi connectivity index (χ1v) is 20.1. The third kappa shape index (κ3) is 37.1. The van der Waals surface area contributed by atoms with E-state index >= 15 is 0 Å². The van der Waals surface area contributed by atoms with E-state index in [1.54, 1.807) is 0 Å². The van der Waals surface area contributed by atoms with Crippen molar-refractivity contribution in [1.82, 2.24) is 0 Å². The van der Waals surface area contributed by atoms with Crippen LogP contribution in [-0.2, 0) is 14.3 Å². The molecule has 0 saturated heterocycles. The van der Waals surface area contributed by atoms with Crippen LogP contribution in [0.2, 0.25) is 0 Å². The summed E-state index contributed by atoms with van der Waals surface area (Å²) in [6.45, 7) is 5.31. The summed E-state index contributed by atoms with van der Waals surface area (Å²) in [5.41, 5.74) is 0. The Bertz CT molecular complexity index is 683. The lowest BCUT2D eigenvalue weighted by Crippen LogP contribution is -2.27. The van der Waals surface area contributed by atoms with Crippen molar-refractivity contribution < 1.29 is 19.4 Å². The molecule has 4 nitrogen and oxygen atoms in total. The normalized spacial score (nSPS) is 12.7. The van der Waals surface area contributed by atoms with Gasteiger partial charge in [0.05, 0.1) is 13.2 Å². The molecule has 0 aliphatic rings. The van der Waals surface area contributed by atoms with Gasteiger partial charge in [-0.1, -0.05) is 159 Å². The van der Waals surface area contributed by atoms with Gasteiger partial charge in [0.1, 0.15) is 6.10 Å². The monoisotopic (exact) mass is 647 g/mol. The van der Waals surface area contributed by atoms with Crippen LogP contribution in [0.3, 0.4) is 0 Å². The Labute approximate surface area is 287 Å². The van der Waals surface area contributed by atoms with Crippen molar-refractivity contribution in [3.8, 4) is 0 Å². The van der Waals surface area contributed by atoms with E-state index in [0.717, 1.165) is 25.7 Å². The molecule has 0 heterocycles. The van der Waals surface area contributed by atoms with E-state index in [0.29, 0.717) is 19.6 Å². The summed E-state index contributed by atoms with van der Waals surface area (Å²) in [4.78, 5) is 12.2. The predicted octanol–water partition coefficient (Wildman–Crippen LogP) is 12.9. The molecule has 46 heavy (non-hydrogen) atoms. The number of hydrogen-bond acceptors (Lipinski definition) is 4. The van der Waals surface area contributed by atoms with Crippen LogP contribution in [0.5, 0.6) is 0 Å². The van der Waals surface area contributed by atoms with E-state index in [4.69, 9.17) is 9.47 Å². The van der Waals surface area contributed by atoms with Crippen molar-refractivity contribution in [2.24, 2.45) is 0 Å². The maximum Gasteiger partial charge on any atom is 0.306 e. The van der Waals surface area contributed by atoms with Crippen molar-refractivity contribution in [3.63, 3.8) is 0 Å². The zero-order valence-electron chi connectivity index (χ0n) is 30.8. The largest absolute Gasteiger partial charge is 0.457 e. The van der Waals surface area contributed by atoms with E-state index in [1.807, 2.05) is 0 Å². The molecule has 1 N–H and O–H groups in total.